The minimum Gasteiger partial charge on any atom is -0.497 e. The number of amides is 2. The van der Waals surface area contributed by atoms with Gasteiger partial charge in [0.15, 0.2) is 0 Å². The molecule has 9 nitrogen and oxygen atoms in total. The van der Waals surface area contributed by atoms with Crippen LogP contribution in [0.4, 0.5) is 5.69 Å². The second-order valence-corrected chi connectivity index (χ2v) is 12.2. The molecule has 2 atom stereocenters. The summed E-state index contributed by atoms with van der Waals surface area (Å²) in [5, 5.41) is 2.99. The average Bonchev–Trinajstić information content (AvgIpc) is 3.00. The Morgan fingerprint density at radius 1 is 0.930 bits per heavy atom. The van der Waals surface area contributed by atoms with Crippen LogP contribution in [-0.4, -0.2) is 57.5 Å². The monoisotopic (exact) mass is 609 g/mol. The van der Waals surface area contributed by atoms with Gasteiger partial charge in [0.05, 0.1) is 24.3 Å². The Labute approximate surface area is 255 Å². The van der Waals surface area contributed by atoms with E-state index in [-0.39, 0.29) is 29.1 Å². The summed E-state index contributed by atoms with van der Waals surface area (Å²) < 4.78 is 40.6. The van der Waals surface area contributed by atoms with Crippen LogP contribution in [0, 0.1) is 6.92 Å². The van der Waals surface area contributed by atoms with Gasteiger partial charge in [-0.3, -0.25) is 13.9 Å². The van der Waals surface area contributed by atoms with Crippen molar-refractivity contribution in [3.05, 3.63) is 83.9 Å². The molecular formula is C33H43N3O6S. The molecule has 3 aromatic carbocycles. The lowest BCUT2D eigenvalue weighted by molar-refractivity contribution is -0.140. The molecule has 0 saturated carbocycles. The van der Waals surface area contributed by atoms with Crippen LogP contribution in [0.15, 0.2) is 77.7 Å². The summed E-state index contributed by atoms with van der Waals surface area (Å²) in [6.45, 7) is 9.21. The van der Waals surface area contributed by atoms with E-state index in [0.717, 1.165) is 21.9 Å². The summed E-state index contributed by atoms with van der Waals surface area (Å²) in [6.07, 6.45) is 1.06. The molecule has 0 aromatic heterocycles. The summed E-state index contributed by atoms with van der Waals surface area (Å²) in [4.78, 5) is 29.3. The number of benzene rings is 3. The first-order valence-electron chi connectivity index (χ1n) is 14.6. The molecule has 1 N–H and O–H groups in total. The second-order valence-electron chi connectivity index (χ2n) is 10.3. The molecule has 0 aliphatic carbocycles. The van der Waals surface area contributed by atoms with Crippen LogP contribution in [0.3, 0.4) is 0 Å². The lowest BCUT2D eigenvalue weighted by Gasteiger charge is -2.34. The van der Waals surface area contributed by atoms with E-state index < -0.39 is 28.5 Å². The normalized spacial score (nSPS) is 12.6. The largest absolute Gasteiger partial charge is 0.497 e. The van der Waals surface area contributed by atoms with Crippen molar-refractivity contribution in [1.29, 1.82) is 0 Å². The first kappa shape index (κ1) is 33.5. The molecule has 3 rings (SSSR count). The molecule has 232 valence electrons. The third kappa shape index (κ3) is 8.50. The van der Waals surface area contributed by atoms with Crippen LogP contribution in [0.2, 0.25) is 0 Å². The first-order chi connectivity index (χ1) is 20.5. The third-order valence-electron chi connectivity index (χ3n) is 7.20. The van der Waals surface area contributed by atoms with Crippen molar-refractivity contribution < 1.29 is 27.5 Å². The van der Waals surface area contributed by atoms with Gasteiger partial charge in [0.2, 0.25) is 11.8 Å². The van der Waals surface area contributed by atoms with Crippen LogP contribution in [-0.2, 0) is 26.2 Å². The summed E-state index contributed by atoms with van der Waals surface area (Å²) in [7, 11) is -2.66. The van der Waals surface area contributed by atoms with E-state index in [4.69, 9.17) is 9.47 Å². The number of nitrogens with zero attached hydrogens (tertiary/aromatic N) is 2. The third-order valence-corrected chi connectivity index (χ3v) is 8.97. The Morgan fingerprint density at radius 3 is 2.26 bits per heavy atom. The molecular weight excluding hydrogens is 566 g/mol. The number of hydrogen-bond acceptors (Lipinski definition) is 6. The first-order valence-corrected chi connectivity index (χ1v) is 16.0. The van der Waals surface area contributed by atoms with E-state index >= 15 is 0 Å². The molecule has 10 heteroatoms. The fourth-order valence-corrected chi connectivity index (χ4v) is 6.04. The standard InChI is InChI=1S/C33H43N3O6S/c1-7-25(5)34-33(38)29(8-2)35(22-26-13-12-14-27(21-26)41-6)32(37)23-36(30-15-10-11-16-31(30)42-9-3)43(39,40)28-19-17-24(4)18-20-28/h10-21,25,29H,7-9,22-23H2,1-6H3,(H,34,38)/t25-,29-/m0/s1. The van der Waals surface area contributed by atoms with Crippen molar-refractivity contribution in [2.45, 2.75) is 71.0 Å². The van der Waals surface area contributed by atoms with Gasteiger partial charge in [-0.1, -0.05) is 55.8 Å². The van der Waals surface area contributed by atoms with Gasteiger partial charge in [-0.15, -0.1) is 0 Å². The van der Waals surface area contributed by atoms with E-state index in [1.165, 1.54) is 17.0 Å². The quantitative estimate of drug-likeness (QED) is 0.250. The minimum absolute atomic E-state index is 0.0399. The van der Waals surface area contributed by atoms with Gasteiger partial charge in [-0.05, 0) is 75.6 Å². The van der Waals surface area contributed by atoms with Gasteiger partial charge < -0.3 is 19.7 Å². The highest BCUT2D eigenvalue weighted by Gasteiger charge is 2.35. The van der Waals surface area contributed by atoms with Crippen molar-refractivity contribution in [3.63, 3.8) is 0 Å². The predicted molar refractivity (Wildman–Crippen MR) is 169 cm³/mol. The lowest BCUT2D eigenvalue weighted by atomic mass is 10.1. The zero-order valence-electron chi connectivity index (χ0n) is 25.9. The van der Waals surface area contributed by atoms with Gasteiger partial charge in [0.1, 0.15) is 24.1 Å². The maximum absolute atomic E-state index is 14.3. The molecule has 0 spiro atoms. The molecule has 0 saturated heterocycles. The summed E-state index contributed by atoms with van der Waals surface area (Å²) in [5.41, 5.74) is 1.88. The molecule has 0 unspecified atom stereocenters. The number of nitrogens with one attached hydrogen (secondary N) is 1. The highest BCUT2D eigenvalue weighted by atomic mass is 32.2. The highest BCUT2D eigenvalue weighted by molar-refractivity contribution is 7.92. The number of rotatable bonds is 15. The number of carbonyl (C=O) groups is 2. The number of carbonyl (C=O) groups excluding carboxylic acids is 2. The second kappa shape index (κ2) is 15.4. The fraction of sp³-hybridized carbons (Fsp3) is 0.394. The number of sulfonamides is 1. The average molecular weight is 610 g/mol. The maximum Gasteiger partial charge on any atom is 0.264 e. The van der Waals surface area contributed by atoms with Crippen LogP contribution in [0.25, 0.3) is 0 Å². The molecule has 43 heavy (non-hydrogen) atoms. The predicted octanol–water partition coefficient (Wildman–Crippen LogP) is 5.32. The number of ether oxygens (including phenoxy) is 2. The zero-order chi connectivity index (χ0) is 31.6. The van der Waals surface area contributed by atoms with Gasteiger partial charge >= 0.3 is 0 Å². The van der Waals surface area contributed by atoms with E-state index in [9.17, 15) is 18.0 Å². The van der Waals surface area contributed by atoms with Crippen LogP contribution in [0.1, 0.15) is 51.7 Å². The number of aryl methyl sites for hydroxylation is 1. The van der Waals surface area contributed by atoms with E-state index in [1.807, 2.05) is 39.8 Å². The van der Waals surface area contributed by atoms with Crippen LogP contribution in [0.5, 0.6) is 11.5 Å². The van der Waals surface area contributed by atoms with Gasteiger partial charge in [0, 0.05) is 12.6 Å². The Balaban J connectivity index is 2.12. The SMILES string of the molecule is CCOc1ccccc1N(CC(=O)N(Cc1cccc(OC)c1)[C@@H](CC)C(=O)N[C@@H](C)CC)S(=O)(=O)c1ccc(C)cc1. The fourth-order valence-electron chi connectivity index (χ4n) is 4.62. The number of para-hydroxylation sites is 2. The minimum atomic E-state index is -4.21. The van der Waals surface area contributed by atoms with Crippen LogP contribution >= 0.6 is 0 Å². The zero-order valence-corrected chi connectivity index (χ0v) is 26.7. The Bertz CT molecular complexity index is 1480. The molecule has 0 aliphatic rings. The Hall–Kier alpha value is -4.05. The van der Waals surface area contributed by atoms with E-state index in [2.05, 4.69) is 5.32 Å². The maximum atomic E-state index is 14.3. The molecule has 0 fully saturated rings. The Morgan fingerprint density at radius 2 is 1.63 bits per heavy atom. The number of hydrogen-bond donors (Lipinski definition) is 1. The van der Waals surface area contributed by atoms with E-state index in [1.54, 1.807) is 62.6 Å². The van der Waals surface area contributed by atoms with Crippen molar-refractivity contribution in [3.8, 4) is 11.5 Å². The molecule has 0 radical (unpaired) electrons. The van der Waals surface area contributed by atoms with Crippen molar-refractivity contribution in [2.75, 3.05) is 24.6 Å². The molecule has 0 aliphatic heterocycles. The van der Waals surface area contributed by atoms with E-state index in [0.29, 0.717) is 24.5 Å². The topological polar surface area (TPSA) is 105 Å². The van der Waals surface area contributed by atoms with Gasteiger partial charge in [0.25, 0.3) is 10.0 Å². The molecule has 0 bridgehead atoms. The lowest BCUT2D eigenvalue weighted by Crippen LogP contribution is -2.53. The number of methoxy groups -OCH3 is 1. The van der Waals surface area contributed by atoms with Crippen molar-refractivity contribution >= 4 is 27.5 Å². The Kier molecular flexibility index (Phi) is 12.0. The van der Waals surface area contributed by atoms with Crippen molar-refractivity contribution in [1.82, 2.24) is 10.2 Å². The molecule has 2 amide bonds. The summed E-state index contributed by atoms with van der Waals surface area (Å²) >= 11 is 0. The van der Waals surface area contributed by atoms with Crippen molar-refractivity contribution in [2.24, 2.45) is 0 Å². The van der Waals surface area contributed by atoms with Crippen LogP contribution < -0.4 is 19.1 Å². The molecule has 3 aromatic rings. The molecule has 0 heterocycles. The van der Waals surface area contributed by atoms with Gasteiger partial charge in [-0.25, -0.2) is 8.42 Å². The summed E-state index contributed by atoms with van der Waals surface area (Å²) in [5.74, 6) is 0.109. The summed E-state index contributed by atoms with van der Waals surface area (Å²) in [6, 6.07) is 19.5. The number of anilines is 1. The van der Waals surface area contributed by atoms with Gasteiger partial charge in [-0.2, -0.15) is 0 Å². The smallest absolute Gasteiger partial charge is 0.264 e. The highest BCUT2D eigenvalue weighted by Crippen LogP contribution is 2.33.